The Bertz CT molecular complexity index is 1110. The van der Waals surface area contributed by atoms with Crippen LogP contribution in [-0.4, -0.2) is 27.4 Å². The van der Waals surface area contributed by atoms with Gasteiger partial charge in [0.1, 0.15) is 5.82 Å². The molecule has 4 aromatic rings. The number of amides is 1. The molecule has 0 atom stereocenters. The molecule has 0 saturated carbocycles. The molecule has 0 fully saturated rings. The van der Waals surface area contributed by atoms with Gasteiger partial charge in [0.15, 0.2) is 0 Å². The van der Waals surface area contributed by atoms with E-state index in [4.69, 9.17) is 0 Å². The van der Waals surface area contributed by atoms with E-state index in [1.54, 1.807) is 12.1 Å². The van der Waals surface area contributed by atoms with Crippen LogP contribution in [0.5, 0.6) is 0 Å². The summed E-state index contributed by atoms with van der Waals surface area (Å²) in [4.78, 5) is 23.8. The molecule has 0 aliphatic rings. The fourth-order valence-electron chi connectivity index (χ4n) is 2.94. The molecule has 0 saturated heterocycles. The minimum absolute atomic E-state index is 0.119. The third kappa shape index (κ3) is 3.83. The van der Waals surface area contributed by atoms with E-state index in [-0.39, 0.29) is 11.3 Å². The molecule has 0 radical (unpaired) electrons. The van der Waals surface area contributed by atoms with E-state index in [1.165, 1.54) is 35.5 Å². The quantitative estimate of drug-likeness (QED) is 0.476. The van der Waals surface area contributed by atoms with E-state index in [1.807, 2.05) is 24.4 Å². The Morgan fingerprint density at radius 3 is 2.61 bits per heavy atom. The summed E-state index contributed by atoms with van der Waals surface area (Å²) in [5.41, 5.74) is 2.70. The van der Waals surface area contributed by atoms with Gasteiger partial charge in [-0.1, -0.05) is 30.3 Å². The molecular weight excluding hydrogens is 357 g/mol. The van der Waals surface area contributed by atoms with Crippen LogP contribution in [0.25, 0.3) is 10.9 Å². The highest BCUT2D eigenvalue weighted by molar-refractivity contribution is 6.03. The maximum Gasteiger partial charge on any atom is 0.258 e. The number of nitrogens with zero attached hydrogens (tertiary/aromatic N) is 2. The van der Waals surface area contributed by atoms with Gasteiger partial charge in [-0.2, -0.15) is 0 Å². The van der Waals surface area contributed by atoms with Crippen molar-refractivity contribution in [2.75, 3.05) is 17.2 Å². The molecule has 0 unspecified atom stereocenters. The lowest BCUT2D eigenvalue weighted by Gasteiger charge is -2.07. The molecule has 0 aliphatic carbocycles. The molecule has 2 aromatic heterocycles. The molecule has 2 heterocycles. The van der Waals surface area contributed by atoms with Gasteiger partial charge in [0.25, 0.3) is 5.91 Å². The Morgan fingerprint density at radius 2 is 1.79 bits per heavy atom. The number of carbonyl (C=O) groups is 1. The number of aromatic nitrogens is 3. The fourth-order valence-corrected chi connectivity index (χ4v) is 2.94. The predicted octanol–water partition coefficient (Wildman–Crippen LogP) is 4.00. The Balaban J connectivity index is 1.34. The normalized spacial score (nSPS) is 10.8. The molecule has 4 rings (SSSR count). The number of hydrogen-bond donors (Lipinski definition) is 3. The zero-order chi connectivity index (χ0) is 19.3. The molecule has 7 heteroatoms. The minimum Gasteiger partial charge on any atom is -0.361 e. The summed E-state index contributed by atoms with van der Waals surface area (Å²) in [7, 11) is 0. The number of halogens is 1. The van der Waals surface area contributed by atoms with Crippen LogP contribution in [0.2, 0.25) is 0 Å². The Morgan fingerprint density at radius 1 is 1.04 bits per heavy atom. The van der Waals surface area contributed by atoms with Gasteiger partial charge in [0.05, 0.1) is 11.3 Å². The number of H-pyrrole nitrogens is 1. The van der Waals surface area contributed by atoms with E-state index >= 15 is 0 Å². The van der Waals surface area contributed by atoms with Crippen LogP contribution in [-0.2, 0) is 6.42 Å². The molecule has 28 heavy (non-hydrogen) atoms. The summed E-state index contributed by atoms with van der Waals surface area (Å²) in [6.45, 7) is 0.655. The summed E-state index contributed by atoms with van der Waals surface area (Å²) in [5, 5.41) is 6.85. The maximum absolute atomic E-state index is 13.6. The average molecular weight is 375 g/mol. The molecule has 0 aliphatic heterocycles. The molecule has 140 valence electrons. The maximum atomic E-state index is 13.6. The van der Waals surface area contributed by atoms with Crippen LogP contribution in [0.4, 0.5) is 16.0 Å². The molecule has 0 spiro atoms. The van der Waals surface area contributed by atoms with Crippen molar-refractivity contribution in [1.29, 1.82) is 0 Å². The van der Waals surface area contributed by atoms with E-state index in [0.29, 0.717) is 12.5 Å². The largest absolute Gasteiger partial charge is 0.361 e. The van der Waals surface area contributed by atoms with E-state index in [2.05, 4.69) is 31.7 Å². The molecular formula is C21H18FN5O. The van der Waals surface area contributed by atoms with Crippen molar-refractivity contribution in [3.8, 4) is 0 Å². The van der Waals surface area contributed by atoms with Crippen LogP contribution in [0.1, 0.15) is 15.9 Å². The number of carbonyl (C=O) groups excluding carboxylic acids is 1. The van der Waals surface area contributed by atoms with Crippen LogP contribution < -0.4 is 10.6 Å². The SMILES string of the molecule is O=C(Nc1ccccc1F)c1cnc(NCCc2c[nH]c3ccccc23)nc1. The van der Waals surface area contributed by atoms with Crippen molar-refractivity contribution in [3.63, 3.8) is 0 Å². The van der Waals surface area contributed by atoms with Crippen LogP contribution in [0, 0.1) is 5.82 Å². The van der Waals surface area contributed by atoms with E-state index < -0.39 is 11.7 Å². The lowest BCUT2D eigenvalue weighted by Crippen LogP contribution is -2.14. The number of fused-ring (bicyclic) bond motifs is 1. The van der Waals surface area contributed by atoms with Crippen LogP contribution in [0.3, 0.4) is 0 Å². The second-order valence-corrected chi connectivity index (χ2v) is 6.27. The zero-order valence-electron chi connectivity index (χ0n) is 14.9. The highest BCUT2D eigenvalue weighted by Crippen LogP contribution is 2.18. The number of hydrogen-bond acceptors (Lipinski definition) is 4. The van der Waals surface area contributed by atoms with Gasteiger partial charge in [0, 0.05) is 36.0 Å². The summed E-state index contributed by atoms with van der Waals surface area (Å²) >= 11 is 0. The number of anilines is 2. The number of benzene rings is 2. The molecule has 3 N–H and O–H groups in total. The first-order chi connectivity index (χ1) is 13.7. The van der Waals surface area contributed by atoms with Crippen molar-refractivity contribution < 1.29 is 9.18 Å². The minimum atomic E-state index is -0.493. The van der Waals surface area contributed by atoms with Crippen molar-refractivity contribution in [2.45, 2.75) is 6.42 Å². The van der Waals surface area contributed by atoms with Gasteiger partial charge in [0.2, 0.25) is 5.95 Å². The summed E-state index contributed by atoms with van der Waals surface area (Å²) in [6, 6.07) is 14.1. The standard InChI is InChI=1S/C21H18FN5O/c22-17-6-2-4-8-19(17)27-20(28)15-12-25-21(26-13-15)23-10-9-14-11-24-18-7-3-1-5-16(14)18/h1-8,11-13,24H,9-10H2,(H,27,28)(H,23,25,26). The van der Waals surface area contributed by atoms with Crippen molar-refractivity contribution >= 4 is 28.4 Å². The molecule has 1 amide bonds. The van der Waals surface area contributed by atoms with Crippen LogP contribution >= 0.6 is 0 Å². The first-order valence-electron chi connectivity index (χ1n) is 8.87. The van der Waals surface area contributed by atoms with Crippen molar-refractivity contribution in [1.82, 2.24) is 15.0 Å². The van der Waals surface area contributed by atoms with Gasteiger partial charge < -0.3 is 15.6 Å². The second kappa shape index (κ2) is 7.87. The van der Waals surface area contributed by atoms with Gasteiger partial charge in [-0.25, -0.2) is 14.4 Å². The summed E-state index contributed by atoms with van der Waals surface area (Å²) in [5.74, 6) is -0.523. The number of para-hydroxylation sites is 2. The van der Waals surface area contributed by atoms with Gasteiger partial charge in [-0.15, -0.1) is 0 Å². The lowest BCUT2D eigenvalue weighted by molar-refractivity contribution is 0.102. The van der Waals surface area contributed by atoms with Gasteiger partial charge in [-0.3, -0.25) is 4.79 Å². The van der Waals surface area contributed by atoms with Gasteiger partial charge in [-0.05, 0) is 30.2 Å². The van der Waals surface area contributed by atoms with Crippen molar-refractivity contribution in [3.05, 3.63) is 84.1 Å². The molecule has 6 nitrogen and oxygen atoms in total. The number of aromatic amines is 1. The zero-order valence-corrected chi connectivity index (χ0v) is 14.9. The first-order valence-corrected chi connectivity index (χ1v) is 8.87. The number of nitrogens with one attached hydrogen (secondary N) is 3. The lowest BCUT2D eigenvalue weighted by atomic mass is 10.1. The Labute approximate surface area is 160 Å². The highest BCUT2D eigenvalue weighted by atomic mass is 19.1. The van der Waals surface area contributed by atoms with Crippen molar-refractivity contribution in [2.24, 2.45) is 0 Å². The molecule has 2 aromatic carbocycles. The van der Waals surface area contributed by atoms with E-state index in [0.717, 1.165) is 11.9 Å². The predicted molar refractivity (Wildman–Crippen MR) is 107 cm³/mol. The monoisotopic (exact) mass is 375 g/mol. The third-order valence-electron chi connectivity index (χ3n) is 4.39. The smallest absolute Gasteiger partial charge is 0.258 e. The van der Waals surface area contributed by atoms with Gasteiger partial charge >= 0.3 is 0 Å². The topological polar surface area (TPSA) is 82.7 Å². The van der Waals surface area contributed by atoms with Crippen LogP contribution in [0.15, 0.2) is 67.1 Å². The number of rotatable bonds is 6. The van der Waals surface area contributed by atoms with E-state index in [9.17, 15) is 9.18 Å². The fraction of sp³-hybridized carbons (Fsp3) is 0.0952. The second-order valence-electron chi connectivity index (χ2n) is 6.27. The first kappa shape index (κ1) is 17.7. The third-order valence-corrected chi connectivity index (χ3v) is 4.39. The Hall–Kier alpha value is -3.74. The average Bonchev–Trinajstić information content (AvgIpc) is 3.13. The Kier molecular flexibility index (Phi) is 4.97. The summed E-state index contributed by atoms with van der Waals surface area (Å²) in [6.07, 6.45) is 5.64. The summed E-state index contributed by atoms with van der Waals surface area (Å²) < 4.78 is 13.6. The highest BCUT2D eigenvalue weighted by Gasteiger charge is 2.10. The molecule has 0 bridgehead atoms.